The maximum Gasteiger partial charge on any atom is 0.323 e. The van der Waals surface area contributed by atoms with Crippen LogP contribution in [0.4, 0.5) is 0 Å². The molecule has 17 heavy (non-hydrogen) atoms. The second kappa shape index (κ2) is 5.85. The van der Waals surface area contributed by atoms with Crippen molar-refractivity contribution in [1.82, 2.24) is 5.32 Å². The van der Waals surface area contributed by atoms with Crippen molar-refractivity contribution in [3.63, 3.8) is 0 Å². The second-order valence-electron chi connectivity index (χ2n) is 5.97. The molecular weight excluding hydrogens is 214 g/mol. The molecular formula is C14H25NO2. The number of carbonyl (C=O) groups is 1. The van der Waals surface area contributed by atoms with Crippen molar-refractivity contribution in [2.45, 2.75) is 64.5 Å². The van der Waals surface area contributed by atoms with Gasteiger partial charge in [-0.2, -0.15) is 0 Å². The highest BCUT2D eigenvalue weighted by Crippen LogP contribution is 2.26. The first-order valence-corrected chi connectivity index (χ1v) is 7.09. The van der Waals surface area contributed by atoms with Gasteiger partial charge in [0.2, 0.25) is 0 Å². The Hall–Kier alpha value is -0.570. The lowest BCUT2D eigenvalue weighted by Gasteiger charge is -2.31. The fraction of sp³-hybridized carbons (Fsp3) is 0.929. The van der Waals surface area contributed by atoms with Crippen LogP contribution in [0.5, 0.6) is 0 Å². The number of hydrogen-bond donors (Lipinski definition) is 1. The van der Waals surface area contributed by atoms with Crippen LogP contribution < -0.4 is 5.32 Å². The van der Waals surface area contributed by atoms with E-state index in [9.17, 15) is 4.79 Å². The molecule has 0 bridgehead atoms. The van der Waals surface area contributed by atoms with Crippen LogP contribution in [0.3, 0.4) is 0 Å². The highest BCUT2D eigenvalue weighted by Gasteiger charge is 2.29. The van der Waals surface area contributed by atoms with Crippen LogP contribution in [0.25, 0.3) is 0 Å². The minimum atomic E-state index is -0.0593. The van der Waals surface area contributed by atoms with E-state index in [0.717, 1.165) is 25.8 Å². The summed E-state index contributed by atoms with van der Waals surface area (Å²) in [6, 6.07) is -0.0593. The highest BCUT2D eigenvalue weighted by molar-refractivity contribution is 5.76. The lowest BCUT2D eigenvalue weighted by molar-refractivity contribution is -0.154. The van der Waals surface area contributed by atoms with Gasteiger partial charge in [-0.3, -0.25) is 4.79 Å². The number of rotatable bonds is 2. The zero-order chi connectivity index (χ0) is 12.3. The number of carbonyl (C=O) groups excluding carboxylic acids is 1. The SMILES string of the molecule is CC1CCCC(OC(=O)C2CC(C)CCN2)C1. The van der Waals surface area contributed by atoms with Crippen LogP contribution in [0.1, 0.15) is 52.4 Å². The van der Waals surface area contributed by atoms with Gasteiger partial charge in [0.1, 0.15) is 12.1 Å². The Morgan fingerprint density at radius 3 is 2.59 bits per heavy atom. The molecule has 3 heteroatoms. The number of hydrogen-bond acceptors (Lipinski definition) is 3. The van der Waals surface area contributed by atoms with Gasteiger partial charge in [-0.25, -0.2) is 0 Å². The topological polar surface area (TPSA) is 38.3 Å². The van der Waals surface area contributed by atoms with Gasteiger partial charge in [0.05, 0.1) is 0 Å². The molecule has 0 spiro atoms. The van der Waals surface area contributed by atoms with E-state index in [-0.39, 0.29) is 18.1 Å². The van der Waals surface area contributed by atoms with E-state index in [4.69, 9.17) is 4.74 Å². The van der Waals surface area contributed by atoms with Crippen LogP contribution in [0.2, 0.25) is 0 Å². The van der Waals surface area contributed by atoms with Gasteiger partial charge in [0, 0.05) is 0 Å². The van der Waals surface area contributed by atoms with E-state index in [1.165, 1.54) is 19.3 Å². The maximum absolute atomic E-state index is 12.0. The molecule has 1 aliphatic carbocycles. The van der Waals surface area contributed by atoms with E-state index in [2.05, 4.69) is 19.2 Å². The van der Waals surface area contributed by atoms with Gasteiger partial charge in [0.25, 0.3) is 0 Å². The Morgan fingerprint density at radius 1 is 1.12 bits per heavy atom. The summed E-state index contributed by atoms with van der Waals surface area (Å²) < 4.78 is 5.65. The molecule has 1 heterocycles. The van der Waals surface area contributed by atoms with Crippen LogP contribution >= 0.6 is 0 Å². The van der Waals surface area contributed by atoms with E-state index in [1.54, 1.807) is 0 Å². The standard InChI is InChI=1S/C14H25NO2/c1-10-4-3-5-12(8-10)17-14(16)13-9-11(2)6-7-15-13/h10-13,15H,3-9H2,1-2H3. The molecule has 0 aromatic heterocycles. The quantitative estimate of drug-likeness (QED) is 0.752. The average molecular weight is 239 g/mol. The zero-order valence-electron chi connectivity index (χ0n) is 11.1. The fourth-order valence-corrected chi connectivity index (χ4v) is 3.02. The van der Waals surface area contributed by atoms with E-state index in [1.807, 2.05) is 0 Å². The Morgan fingerprint density at radius 2 is 1.88 bits per heavy atom. The largest absolute Gasteiger partial charge is 0.461 e. The molecule has 98 valence electrons. The minimum Gasteiger partial charge on any atom is -0.461 e. The fourth-order valence-electron chi connectivity index (χ4n) is 3.02. The van der Waals surface area contributed by atoms with E-state index < -0.39 is 0 Å². The van der Waals surface area contributed by atoms with Crippen molar-refractivity contribution in [3.05, 3.63) is 0 Å². The molecule has 0 amide bonds. The first-order valence-electron chi connectivity index (χ1n) is 7.09. The Bertz CT molecular complexity index is 267. The molecule has 2 aliphatic rings. The highest BCUT2D eigenvalue weighted by atomic mass is 16.5. The monoisotopic (exact) mass is 239 g/mol. The van der Waals surface area contributed by atoms with Gasteiger partial charge in [-0.05, 0) is 50.5 Å². The summed E-state index contributed by atoms with van der Waals surface area (Å²) in [6.07, 6.45) is 6.86. The summed E-state index contributed by atoms with van der Waals surface area (Å²) in [4.78, 5) is 12.0. The normalized spacial score (nSPS) is 38.7. The van der Waals surface area contributed by atoms with Gasteiger partial charge in [-0.15, -0.1) is 0 Å². The van der Waals surface area contributed by atoms with Crippen molar-refractivity contribution in [1.29, 1.82) is 0 Å². The Balaban J connectivity index is 1.79. The van der Waals surface area contributed by atoms with E-state index >= 15 is 0 Å². The summed E-state index contributed by atoms with van der Waals surface area (Å²) in [5.41, 5.74) is 0. The Labute approximate surface area is 104 Å². The maximum atomic E-state index is 12.0. The van der Waals surface area contributed by atoms with Crippen LogP contribution in [-0.2, 0) is 9.53 Å². The van der Waals surface area contributed by atoms with Crippen LogP contribution in [0.15, 0.2) is 0 Å². The number of piperidine rings is 1. The summed E-state index contributed by atoms with van der Waals surface area (Å²) in [5, 5.41) is 3.28. The second-order valence-corrected chi connectivity index (χ2v) is 5.97. The molecule has 2 rings (SSSR count). The molecule has 0 radical (unpaired) electrons. The molecule has 0 aromatic carbocycles. The zero-order valence-corrected chi connectivity index (χ0v) is 11.1. The number of esters is 1. The number of ether oxygens (including phenoxy) is 1. The first-order chi connectivity index (χ1) is 8.15. The summed E-state index contributed by atoms with van der Waals surface area (Å²) in [6.45, 7) is 5.41. The van der Waals surface area contributed by atoms with Gasteiger partial charge >= 0.3 is 5.97 Å². The van der Waals surface area contributed by atoms with Crippen molar-refractivity contribution in [2.24, 2.45) is 11.8 Å². The molecule has 2 fully saturated rings. The van der Waals surface area contributed by atoms with Gasteiger partial charge < -0.3 is 10.1 Å². The van der Waals surface area contributed by atoms with Crippen molar-refractivity contribution < 1.29 is 9.53 Å². The molecule has 1 saturated carbocycles. The molecule has 4 atom stereocenters. The average Bonchev–Trinajstić information content (AvgIpc) is 2.29. The molecule has 4 unspecified atom stereocenters. The Kier molecular flexibility index (Phi) is 4.43. The smallest absolute Gasteiger partial charge is 0.323 e. The molecule has 3 nitrogen and oxygen atoms in total. The summed E-state index contributed by atoms with van der Waals surface area (Å²) in [7, 11) is 0. The van der Waals surface area contributed by atoms with Gasteiger partial charge in [0.15, 0.2) is 0 Å². The lowest BCUT2D eigenvalue weighted by Crippen LogP contribution is -2.45. The minimum absolute atomic E-state index is 0.0179. The third kappa shape index (κ3) is 3.70. The predicted octanol–water partition coefficient (Wildman–Crippen LogP) is 2.50. The summed E-state index contributed by atoms with van der Waals surface area (Å²) >= 11 is 0. The third-order valence-electron chi connectivity index (χ3n) is 4.12. The van der Waals surface area contributed by atoms with Crippen LogP contribution in [0, 0.1) is 11.8 Å². The molecule has 0 aromatic rings. The van der Waals surface area contributed by atoms with E-state index in [0.29, 0.717) is 11.8 Å². The van der Waals surface area contributed by atoms with Crippen LogP contribution in [-0.4, -0.2) is 24.7 Å². The molecule has 1 saturated heterocycles. The van der Waals surface area contributed by atoms with Crippen molar-refractivity contribution in [2.75, 3.05) is 6.54 Å². The van der Waals surface area contributed by atoms with Crippen molar-refractivity contribution in [3.8, 4) is 0 Å². The third-order valence-corrected chi connectivity index (χ3v) is 4.12. The summed E-state index contributed by atoms with van der Waals surface area (Å²) in [5.74, 6) is 1.33. The van der Waals surface area contributed by atoms with Gasteiger partial charge in [-0.1, -0.05) is 20.3 Å². The predicted molar refractivity (Wildman–Crippen MR) is 67.7 cm³/mol. The lowest BCUT2D eigenvalue weighted by atomic mass is 9.88. The molecule has 1 aliphatic heterocycles. The molecule has 1 N–H and O–H groups in total. The first kappa shape index (κ1) is 12.9. The van der Waals surface area contributed by atoms with Crippen molar-refractivity contribution >= 4 is 5.97 Å². The number of nitrogens with one attached hydrogen (secondary N) is 1.